The highest BCUT2D eigenvalue weighted by molar-refractivity contribution is 6.31. The van der Waals surface area contributed by atoms with E-state index in [9.17, 15) is 9.18 Å². The molecule has 1 fully saturated rings. The van der Waals surface area contributed by atoms with Crippen molar-refractivity contribution in [2.75, 3.05) is 11.9 Å². The van der Waals surface area contributed by atoms with Gasteiger partial charge in [-0.2, -0.15) is 0 Å². The van der Waals surface area contributed by atoms with Crippen LogP contribution in [0.4, 0.5) is 10.1 Å². The Balaban J connectivity index is 1.91. The van der Waals surface area contributed by atoms with Gasteiger partial charge in [0.1, 0.15) is 0 Å². The van der Waals surface area contributed by atoms with Gasteiger partial charge in [0.05, 0.1) is 17.3 Å². The maximum absolute atomic E-state index is 13.4. The lowest BCUT2D eigenvalue weighted by Crippen LogP contribution is -2.29. The monoisotopic (exact) mass is 242 g/mol. The number of anilines is 1. The van der Waals surface area contributed by atoms with E-state index in [1.807, 2.05) is 0 Å². The number of nitrogens with one attached hydrogen (secondary N) is 2. The number of carbonyl (C=O) groups excluding carboxylic acids is 1. The average molecular weight is 243 g/mol. The minimum Gasteiger partial charge on any atom is -0.322 e. The van der Waals surface area contributed by atoms with Crippen LogP contribution in [0.2, 0.25) is 5.02 Å². The van der Waals surface area contributed by atoms with Gasteiger partial charge in [-0.1, -0.05) is 17.7 Å². The Bertz CT molecular complexity index is 407. The molecular formula is C11H12ClFN2O. The zero-order valence-corrected chi connectivity index (χ0v) is 9.35. The van der Waals surface area contributed by atoms with Crippen molar-refractivity contribution in [1.29, 1.82) is 0 Å². The summed E-state index contributed by atoms with van der Waals surface area (Å²) in [6, 6.07) is 4.97. The standard InChI is InChI=1S/C11H12ClFN2O/c12-8-2-1-3-9(11(8)13)15-10(16)6-14-7-4-5-7/h1-3,7,14H,4-6H2,(H,15,16). The van der Waals surface area contributed by atoms with Crippen molar-refractivity contribution in [3.05, 3.63) is 29.0 Å². The van der Waals surface area contributed by atoms with E-state index < -0.39 is 5.82 Å². The Morgan fingerprint density at radius 2 is 2.25 bits per heavy atom. The largest absolute Gasteiger partial charge is 0.322 e. The molecule has 0 unspecified atom stereocenters. The Kier molecular flexibility index (Phi) is 3.41. The van der Waals surface area contributed by atoms with Gasteiger partial charge in [0.25, 0.3) is 0 Å². The van der Waals surface area contributed by atoms with Crippen molar-refractivity contribution in [1.82, 2.24) is 5.32 Å². The normalized spacial score (nSPS) is 14.9. The topological polar surface area (TPSA) is 41.1 Å². The Morgan fingerprint density at radius 1 is 1.50 bits per heavy atom. The van der Waals surface area contributed by atoms with Gasteiger partial charge in [-0.15, -0.1) is 0 Å². The summed E-state index contributed by atoms with van der Waals surface area (Å²) in [5.41, 5.74) is 0.120. The van der Waals surface area contributed by atoms with E-state index >= 15 is 0 Å². The van der Waals surface area contributed by atoms with Crippen LogP contribution in [0, 0.1) is 5.82 Å². The Labute approximate surface area is 98.0 Å². The number of hydrogen-bond acceptors (Lipinski definition) is 2. The quantitative estimate of drug-likeness (QED) is 0.850. The van der Waals surface area contributed by atoms with E-state index in [0.717, 1.165) is 12.8 Å². The molecule has 1 aromatic carbocycles. The smallest absolute Gasteiger partial charge is 0.238 e. The zero-order chi connectivity index (χ0) is 11.5. The highest BCUT2D eigenvalue weighted by Crippen LogP contribution is 2.22. The first-order valence-corrected chi connectivity index (χ1v) is 5.52. The molecule has 0 atom stereocenters. The van der Waals surface area contributed by atoms with Crippen LogP contribution in [0.5, 0.6) is 0 Å². The van der Waals surface area contributed by atoms with Crippen molar-refractivity contribution in [2.45, 2.75) is 18.9 Å². The number of hydrogen-bond donors (Lipinski definition) is 2. The molecule has 0 aliphatic heterocycles. The number of rotatable bonds is 4. The summed E-state index contributed by atoms with van der Waals surface area (Å²) in [4.78, 5) is 11.4. The molecule has 1 amide bonds. The number of carbonyl (C=O) groups is 1. The molecule has 5 heteroatoms. The van der Waals surface area contributed by atoms with Crippen LogP contribution in [0.25, 0.3) is 0 Å². The molecule has 0 aromatic heterocycles. The van der Waals surface area contributed by atoms with Crippen LogP contribution in [0.15, 0.2) is 18.2 Å². The molecule has 0 heterocycles. The maximum Gasteiger partial charge on any atom is 0.238 e. The fraction of sp³-hybridized carbons (Fsp3) is 0.364. The second-order valence-corrected chi connectivity index (χ2v) is 4.21. The molecule has 1 aliphatic carbocycles. The van der Waals surface area contributed by atoms with E-state index in [1.54, 1.807) is 6.07 Å². The highest BCUT2D eigenvalue weighted by atomic mass is 35.5. The van der Waals surface area contributed by atoms with Crippen molar-refractivity contribution >= 4 is 23.2 Å². The number of halogens is 2. The first-order chi connectivity index (χ1) is 7.66. The maximum atomic E-state index is 13.4. The molecule has 0 spiro atoms. The molecule has 1 aliphatic rings. The fourth-order valence-corrected chi connectivity index (χ4v) is 1.49. The lowest BCUT2D eigenvalue weighted by Gasteiger charge is -2.07. The lowest BCUT2D eigenvalue weighted by atomic mass is 10.3. The second kappa shape index (κ2) is 4.80. The Morgan fingerprint density at radius 3 is 2.94 bits per heavy atom. The van der Waals surface area contributed by atoms with Gasteiger partial charge in [-0.3, -0.25) is 4.79 Å². The summed E-state index contributed by atoms with van der Waals surface area (Å²) in [6.45, 7) is 0.205. The number of benzene rings is 1. The summed E-state index contributed by atoms with van der Waals surface area (Å²) >= 11 is 5.59. The fourth-order valence-electron chi connectivity index (χ4n) is 1.32. The third-order valence-electron chi connectivity index (χ3n) is 2.35. The van der Waals surface area contributed by atoms with Gasteiger partial charge in [0.2, 0.25) is 5.91 Å². The number of amides is 1. The molecule has 0 radical (unpaired) electrons. The third kappa shape index (κ3) is 2.93. The minimum absolute atomic E-state index is 0.00736. The summed E-state index contributed by atoms with van der Waals surface area (Å²) in [5.74, 6) is -0.850. The van der Waals surface area contributed by atoms with Gasteiger partial charge < -0.3 is 10.6 Å². The Hall–Kier alpha value is -1.13. The van der Waals surface area contributed by atoms with Gasteiger partial charge in [-0.25, -0.2) is 4.39 Å². The van der Waals surface area contributed by atoms with Crippen LogP contribution in [-0.2, 0) is 4.79 Å². The minimum atomic E-state index is -0.594. The summed E-state index contributed by atoms with van der Waals surface area (Å²) in [5, 5.41) is 5.52. The van der Waals surface area contributed by atoms with E-state index in [-0.39, 0.29) is 23.2 Å². The van der Waals surface area contributed by atoms with Crippen LogP contribution >= 0.6 is 11.6 Å². The van der Waals surface area contributed by atoms with Gasteiger partial charge in [0.15, 0.2) is 5.82 Å². The first kappa shape index (κ1) is 11.4. The molecule has 16 heavy (non-hydrogen) atoms. The summed E-state index contributed by atoms with van der Waals surface area (Å²) < 4.78 is 13.4. The molecule has 1 aromatic rings. The van der Waals surface area contributed by atoms with E-state index in [0.29, 0.717) is 6.04 Å². The van der Waals surface area contributed by atoms with Crippen LogP contribution in [0.3, 0.4) is 0 Å². The van der Waals surface area contributed by atoms with Gasteiger partial charge >= 0.3 is 0 Å². The average Bonchev–Trinajstić information content (AvgIpc) is 3.06. The van der Waals surface area contributed by atoms with Crippen LogP contribution < -0.4 is 10.6 Å². The molecular weight excluding hydrogens is 231 g/mol. The van der Waals surface area contributed by atoms with E-state index in [2.05, 4.69) is 10.6 Å². The highest BCUT2D eigenvalue weighted by Gasteiger charge is 2.21. The predicted molar refractivity (Wildman–Crippen MR) is 61.1 cm³/mol. The van der Waals surface area contributed by atoms with E-state index in [1.165, 1.54) is 12.1 Å². The molecule has 2 N–H and O–H groups in total. The van der Waals surface area contributed by atoms with Crippen molar-refractivity contribution < 1.29 is 9.18 Å². The zero-order valence-electron chi connectivity index (χ0n) is 8.59. The molecule has 2 rings (SSSR count). The van der Waals surface area contributed by atoms with Crippen molar-refractivity contribution in [2.24, 2.45) is 0 Å². The van der Waals surface area contributed by atoms with Crippen LogP contribution in [0.1, 0.15) is 12.8 Å². The van der Waals surface area contributed by atoms with E-state index in [4.69, 9.17) is 11.6 Å². The first-order valence-electron chi connectivity index (χ1n) is 5.14. The third-order valence-corrected chi connectivity index (χ3v) is 2.65. The summed E-state index contributed by atoms with van der Waals surface area (Å²) in [7, 11) is 0. The van der Waals surface area contributed by atoms with Crippen molar-refractivity contribution in [3.8, 4) is 0 Å². The predicted octanol–water partition coefficient (Wildman–Crippen LogP) is 2.17. The van der Waals surface area contributed by atoms with Gasteiger partial charge in [-0.05, 0) is 25.0 Å². The van der Waals surface area contributed by atoms with Gasteiger partial charge in [0, 0.05) is 6.04 Å². The SMILES string of the molecule is O=C(CNC1CC1)Nc1cccc(Cl)c1F. The molecule has 86 valence electrons. The van der Waals surface area contributed by atoms with Crippen molar-refractivity contribution in [3.63, 3.8) is 0 Å². The summed E-state index contributed by atoms with van der Waals surface area (Å²) in [6.07, 6.45) is 2.22. The van der Waals surface area contributed by atoms with Crippen LogP contribution in [-0.4, -0.2) is 18.5 Å². The molecule has 0 saturated heterocycles. The second-order valence-electron chi connectivity index (χ2n) is 3.80. The lowest BCUT2D eigenvalue weighted by molar-refractivity contribution is -0.115. The molecule has 0 bridgehead atoms. The molecule has 3 nitrogen and oxygen atoms in total. The molecule has 1 saturated carbocycles.